The van der Waals surface area contributed by atoms with E-state index >= 15 is 0 Å². The SMILES string of the molecule is Cc1ccc(C)c(N2N=C(C(=O)N3CCC(CC(=O)O)CC3)CCC2=O)c1. The molecule has 2 aliphatic rings. The lowest BCUT2D eigenvalue weighted by Crippen LogP contribution is -2.45. The van der Waals surface area contributed by atoms with Crippen molar-refractivity contribution in [3.8, 4) is 0 Å². The van der Waals surface area contributed by atoms with E-state index in [1.165, 1.54) is 5.01 Å². The van der Waals surface area contributed by atoms with E-state index in [4.69, 9.17) is 5.11 Å². The Morgan fingerprint density at radius 3 is 2.56 bits per heavy atom. The van der Waals surface area contributed by atoms with Crippen molar-refractivity contribution in [2.45, 2.75) is 46.0 Å². The molecule has 0 radical (unpaired) electrons. The van der Waals surface area contributed by atoms with Crippen LogP contribution in [-0.4, -0.2) is 46.6 Å². The van der Waals surface area contributed by atoms with E-state index < -0.39 is 5.97 Å². The predicted octanol–water partition coefficient (Wildman–Crippen LogP) is 2.50. The summed E-state index contributed by atoms with van der Waals surface area (Å²) in [6.07, 6.45) is 2.12. The molecule has 144 valence electrons. The van der Waals surface area contributed by atoms with Crippen LogP contribution in [0.4, 0.5) is 5.69 Å². The quantitative estimate of drug-likeness (QED) is 0.880. The monoisotopic (exact) mass is 371 g/mol. The first kappa shape index (κ1) is 19.1. The molecule has 7 heteroatoms. The minimum Gasteiger partial charge on any atom is -0.481 e. The van der Waals surface area contributed by atoms with Gasteiger partial charge in [-0.3, -0.25) is 14.4 Å². The second-order valence-corrected chi connectivity index (χ2v) is 7.38. The molecule has 2 amide bonds. The van der Waals surface area contributed by atoms with Crippen LogP contribution in [0.15, 0.2) is 23.3 Å². The molecule has 0 aromatic heterocycles. The van der Waals surface area contributed by atoms with Crippen molar-refractivity contribution in [2.24, 2.45) is 11.0 Å². The number of benzene rings is 1. The summed E-state index contributed by atoms with van der Waals surface area (Å²) in [6.45, 7) is 4.94. The molecule has 2 heterocycles. The van der Waals surface area contributed by atoms with Gasteiger partial charge in [0.15, 0.2) is 0 Å². The number of carboxylic acid groups (broad SMARTS) is 1. The van der Waals surface area contributed by atoms with Gasteiger partial charge in [-0.2, -0.15) is 5.10 Å². The van der Waals surface area contributed by atoms with Gasteiger partial charge in [-0.05, 0) is 49.8 Å². The summed E-state index contributed by atoms with van der Waals surface area (Å²) in [4.78, 5) is 37.8. The van der Waals surface area contributed by atoms with Crippen LogP contribution in [-0.2, 0) is 14.4 Å². The highest BCUT2D eigenvalue weighted by molar-refractivity contribution is 6.40. The van der Waals surface area contributed by atoms with Gasteiger partial charge in [0.25, 0.3) is 5.91 Å². The molecular weight excluding hydrogens is 346 g/mol. The number of carbonyl (C=O) groups is 3. The van der Waals surface area contributed by atoms with Gasteiger partial charge in [0, 0.05) is 32.4 Å². The van der Waals surface area contributed by atoms with Gasteiger partial charge >= 0.3 is 5.97 Å². The van der Waals surface area contributed by atoms with E-state index in [2.05, 4.69) is 5.10 Å². The largest absolute Gasteiger partial charge is 0.481 e. The Morgan fingerprint density at radius 2 is 1.89 bits per heavy atom. The zero-order valence-electron chi connectivity index (χ0n) is 15.8. The van der Waals surface area contributed by atoms with E-state index in [-0.39, 0.29) is 30.6 Å². The summed E-state index contributed by atoms with van der Waals surface area (Å²) in [7, 11) is 0. The zero-order valence-corrected chi connectivity index (χ0v) is 15.8. The molecule has 0 bridgehead atoms. The standard InChI is InChI=1S/C20H25N3O4/c1-13-3-4-14(2)17(11-13)23-18(24)6-5-16(21-23)20(27)22-9-7-15(8-10-22)12-19(25)26/h3-4,11,15H,5-10,12H2,1-2H3,(H,25,26). The maximum atomic E-state index is 12.9. The summed E-state index contributed by atoms with van der Waals surface area (Å²) in [5.41, 5.74) is 3.07. The number of likely N-dealkylation sites (tertiary alicyclic amines) is 1. The van der Waals surface area contributed by atoms with E-state index in [0.29, 0.717) is 43.8 Å². The fourth-order valence-corrected chi connectivity index (χ4v) is 3.61. The molecule has 0 aliphatic carbocycles. The first-order valence-corrected chi connectivity index (χ1v) is 9.34. The highest BCUT2D eigenvalue weighted by atomic mass is 16.4. The maximum absolute atomic E-state index is 12.9. The van der Waals surface area contributed by atoms with Crippen molar-refractivity contribution in [3.63, 3.8) is 0 Å². The molecule has 27 heavy (non-hydrogen) atoms. The number of nitrogens with zero attached hydrogens (tertiary/aromatic N) is 3. The van der Waals surface area contributed by atoms with Crippen LogP contribution in [0.5, 0.6) is 0 Å². The van der Waals surface area contributed by atoms with Crippen LogP contribution >= 0.6 is 0 Å². The fraction of sp³-hybridized carbons (Fsp3) is 0.500. The van der Waals surface area contributed by atoms with Gasteiger partial charge < -0.3 is 10.0 Å². The summed E-state index contributed by atoms with van der Waals surface area (Å²) < 4.78 is 0. The summed E-state index contributed by atoms with van der Waals surface area (Å²) >= 11 is 0. The Morgan fingerprint density at radius 1 is 1.19 bits per heavy atom. The van der Waals surface area contributed by atoms with Crippen molar-refractivity contribution < 1.29 is 19.5 Å². The first-order chi connectivity index (χ1) is 12.8. The third-order valence-electron chi connectivity index (χ3n) is 5.24. The number of aliphatic carboxylic acids is 1. The lowest BCUT2D eigenvalue weighted by atomic mass is 9.93. The van der Waals surface area contributed by atoms with Crippen LogP contribution in [0.3, 0.4) is 0 Å². The molecule has 3 rings (SSSR count). The third kappa shape index (κ3) is 4.35. The molecule has 0 atom stereocenters. The summed E-state index contributed by atoms with van der Waals surface area (Å²) in [5, 5.41) is 14.7. The number of carboxylic acids is 1. The van der Waals surface area contributed by atoms with Crippen LogP contribution in [0.2, 0.25) is 0 Å². The Bertz CT molecular complexity index is 794. The van der Waals surface area contributed by atoms with Crippen molar-refractivity contribution in [2.75, 3.05) is 18.1 Å². The van der Waals surface area contributed by atoms with Crippen molar-refractivity contribution in [3.05, 3.63) is 29.3 Å². The van der Waals surface area contributed by atoms with Gasteiger partial charge in [-0.1, -0.05) is 12.1 Å². The summed E-state index contributed by atoms with van der Waals surface area (Å²) in [6, 6.07) is 5.82. The van der Waals surface area contributed by atoms with Crippen LogP contribution in [0.1, 0.15) is 43.2 Å². The maximum Gasteiger partial charge on any atom is 0.303 e. The second kappa shape index (κ2) is 7.90. The van der Waals surface area contributed by atoms with E-state index in [1.807, 2.05) is 32.0 Å². The number of amides is 2. The number of hydrogen-bond donors (Lipinski definition) is 1. The van der Waals surface area contributed by atoms with Crippen molar-refractivity contribution in [1.29, 1.82) is 0 Å². The van der Waals surface area contributed by atoms with Crippen LogP contribution in [0, 0.1) is 19.8 Å². The number of hydrazone groups is 1. The molecule has 2 aliphatic heterocycles. The highest BCUT2D eigenvalue weighted by Gasteiger charge is 2.31. The predicted molar refractivity (Wildman–Crippen MR) is 102 cm³/mol. The van der Waals surface area contributed by atoms with Gasteiger partial charge in [0.2, 0.25) is 5.91 Å². The Labute approximate surface area is 158 Å². The topological polar surface area (TPSA) is 90.3 Å². The van der Waals surface area contributed by atoms with Crippen molar-refractivity contribution in [1.82, 2.24) is 4.90 Å². The molecule has 0 saturated carbocycles. The number of aryl methyl sites for hydroxylation is 2. The molecule has 1 aromatic rings. The van der Waals surface area contributed by atoms with Gasteiger partial charge in [-0.15, -0.1) is 0 Å². The normalized spacial score (nSPS) is 18.4. The van der Waals surface area contributed by atoms with Crippen LogP contribution in [0.25, 0.3) is 0 Å². The molecule has 1 saturated heterocycles. The molecular formula is C20H25N3O4. The average Bonchev–Trinajstić information content (AvgIpc) is 2.64. The summed E-state index contributed by atoms with van der Waals surface area (Å²) in [5.74, 6) is -0.932. The van der Waals surface area contributed by atoms with Gasteiger partial charge in [-0.25, -0.2) is 5.01 Å². The lowest BCUT2D eigenvalue weighted by Gasteiger charge is -2.33. The minimum atomic E-state index is -0.792. The number of rotatable bonds is 4. The van der Waals surface area contributed by atoms with Gasteiger partial charge in [0.05, 0.1) is 5.69 Å². The van der Waals surface area contributed by atoms with E-state index in [0.717, 1.165) is 11.1 Å². The van der Waals surface area contributed by atoms with Gasteiger partial charge in [0.1, 0.15) is 5.71 Å². The molecule has 0 spiro atoms. The molecule has 0 unspecified atom stereocenters. The lowest BCUT2D eigenvalue weighted by molar-refractivity contribution is -0.138. The Hall–Kier alpha value is -2.70. The number of anilines is 1. The minimum absolute atomic E-state index is 0.111. The van der Waals surface area contributed by atoms with Crippen LogP contribution < -0.4 is 5.01 Å². The zero-order chi connectivity index (χ0) is 19.6. The molecule has 1 N–H and O–H groups in total. The molecule has 1 fully saturated rings. The smallest absolute Gasteiger partial charge is 0.303 e. The molecule has 7 nitrogen and oxygen atoms in total. The first-order valence-electron chi connectivity index (χ1n) is 9.34. The van der Waals surface area contributed by atoms with Crippen molar-refractivity contribution >= 4 is 29.2 Å². The second-order valence-electron chi connectivity index (χ2n) is 7.38. The highest BCUT2D eigenvalue weighted by Crippen LogP contribution is 2.26. The van der Waals surface area contributed by atoms with E-state index in [9.17, 15) is 14.4 Å². The Balaban J connectivity index is 1.74. The number of piperidine rings is 1. The number of carbonyl (C=O) groups excluding carboxylic acids is 2. The Kier molecular flexibility index (Phi) is 5.58. The average molecular weight is 371 g/mol. The number of hydrogen-bond acceptors (Lipinski definition) is 4. The fourth-order valence-electron chi connectivity index (χ4n) is 3.61. The van der Waals surface area contributed by atoms with E-state index in [1.54, 1.807) is 4.90 Å². The third-order valence-corrected chi connectivity index (χ3v) is 5.24. The molecule has 1 aromatic carbocycles.